The largest absolute Gasteiger partial charge is 0.497 e. The number of ether oxygens (including phenoxy) is 2. The molecular formula is C18H20N4O4. The summed E-state index contributed by atoms with van der Waals surface area (Å²) in [5.74, 6) is 3.55. The molecule has 0 radical (unpaired) electrons. The normalized spacial score (nSPS) is 16.9. The van der Waals surface area contributed by atoms with Gasteiger partial charge >= 0.3 is 0 Å². The van der Waals surface area contributed by atoms with Crippen LogP contribution in [-0.2, 0) is 17.6 Å². The quantitative estimate of drug-likeness (QED) is 0.637. The van der Waals surface area contributed by atoms with Crippen LogP contribution in [0.4, 0.5) is 0 Å². The van der Waals surface area contributed by atoms with Crippen LogP contribution in [0, 0.1) is 0 Å². The molecule has 0 saturated carbocycles. The minimum atomic E-state index is 0.258. The zero-order valence-electron chi connectivity index (χ0n) is 14.6. The molecule has 0 unspecified atom stereocenters. The monoisotopic (exact) mass is 356 g/mol. The molecule has 3 heterocycles. The molecule has 1 saturated heterocycles. The molecule has 2 aromatic heterocycles. The Hall–Kier alpha value is -2.74. The van der Waals surface area contributed by atoms with Crippen LogP contribution in [0.2, 0.25) is 0 Å². The molecule has 1 aliphatic rings. The number of hydrogen-bond acceptors (Lipinski definition) is 8. The average Bonchev–Trinajstić information content (AvgIpc) is 3.43. The lowest BCUT2D eigenvalue weighted by molar-refractivity contribution is 0.192. The molecule has 8 nitrogen and oxygen atoms in total. The Kier molecular flexibility index (Phi) is 4.92. The van der Waals surface area contributed by atoms with Crippen LogP contribution in [0.25, 0.3) is 11.4 Å². The molecule has 0 N–H and O–H groups in total. The van der Waals surface area contributed by atoms with E-state index in [-0.39, 0.29) is 5.92 Å². The smallest absolute Gasteiger partial charge is 0.226 e. The summed E-state index contributed by atoms with van der Waals surface area (Å²) in [6, 6.07) is 7.57. The molecule has 26 heavy (non-hydrogen) atoms. The zero-order chi connectivity index (χ0) is 17.8. The van der Waals surface area contributed by atoms with Crippen molar-refractivity contribution in [1.29, 1.82) is 0 Å². The fraction of sp³-hybridized carbons (Fsp3) is 0.444. The maximum absolute atomic E-state index is 5.36. The van der Waals surface area contributed by atoms with Gasteiger partial charge in [0.05, 0.1) is 13.7 Å². The van der Waals surface area contributed by atoms with Crippen molar-refractivity contribution in [2.24, 2.45) is 0 Å². The highest BCUT2D eigenvalue weighted by Gasteiger charge is 2.23. The number of methoxy groups -OCH3 is 1. The van der Waals surface area contributed by atoms with Gasteiger partial charge in [-0.2, -0.15) is 9.97 Å². The Morgan fingerprint density at radius 1 is 1.12 bits per heavy atom. The average molecular weight is 356 g/mol. The molecule has 8 heteroatoms. The maximum atomic E-state index is 5.36. The molecule has 0 amide bonds. The van der Waals surface area contributed by atoms with Crippen molar-refractivity contribution in [2.75, 3.05) is 20.3 Å². The Labute approximate surface area is 150 Å². The van der Waals surface area contributed by atoms with Gasteiger partial charge in [0, 0.05) is 30.9 Å². The summed E-state index contributed by atoms with van der Waals surface area (Å²) in [6.45, 7) is 1.44. The fourth-order valence-corrected chi connectivity index (χ4v) is 2.90. The summed E-state index contributed by atoms with van der Waals surface area (Å²) < 4.78 is 21.2. The van der Waals surface area contributed by atoms with Crippen LogP contribution in [0.5, 0.6) is 5.75 Å². The summed E-state index contributed by atoms with van der Waals surface area (Å²) >= 11 is 0. The van der Waals surface area contributed by atoms with Crippen molar-refractivity contribution in [1.82, 2.24) is 20.3 Å². The van der Waals surface area contributed by atoms with E-state index < -0.39 is 0 Å². The first kappa shape index (κ1) is 16.7. The number of aromatic nitrogens is 4. The summed E-state index contributed by atoms with van der Waals surface area (Å²) in [5, 5.41) is 8.09. The zero-order valence-corrected chi connectivity index (χ0v) is 14.6. The van der Waals surface area contributed by atoms with E-state index >= 15 is 0 Å². The van der Waals surface area contributed by atoms with Gasteiger partial charge in [0.25, 0.3) is 0 Å². The molecule has 0 bridgehead atoms. The Balaban J connectivity index is 1.32. The molecule has 1 fully saturated rings. The van der Waals surface area contributed by atoms with E-state index in [1.807, 2.05) is 24.3 Å². The first-order valence-corrected chi connectivity index (χ1v) is 8.69. The predicted molar refractivity (Wildman–Crippen MR) is 90.8 cm³/mol. The minimum Gasteiger partial charge on any atom is -0.497 e. The van der Waals surface area contributed by atoms with Gasteiger partial charge in [-0.15, -0.1) is 0 Å². The molecule has 1 aromatic carbocycles. The van der Waals surface area contributed by atoms with Gasteiger partial charge in [-0.1, -0.05) is 22.4 Å². The van der Waals surface area contributed by atoms with Crippen LogP contribution < -0.4 is 4.74 Å². The van der Waals surface area contributed by atoms with Crippen molar-refractivity contribution in [3.63, 3.8) is 0 Å². The minimum absolute atomic E-state index is 0.258. The molecule has 1 atom stereocenters. The van der Waals surface area contributed by atoms with E-state index in [0.717, 1.165) is 36.6 Å². The van der Waals surface area contributed by atoms with Gasteiger partial charge in [0.15, 0.2) is 5.82 Å². The van der Waals surface area contributed by atoms with Crippen molar-refractivity contribution in [3.05, 3.63) is 41.9 Å². The second kappa shape index (κ2) is 7.65. The van der Waals surface area contributed by atoms with Crippen LogP contribution in [0.15, 0.2) is 33.3 Å². The van der Waals surface area contributed by atoms with Crippen molar-refractivity contribution in [2.45, 2.75) is 31.6 Å². The predicted octanol–water partition coefficient (Wildman–Crippen LogP) is 2.81. The van der Waals surface area contributed by atoms with Crippen LogP contribution >= 0.6 is 0 Å². The standard InChI is InChI=1S/C18H20N4O4/c1-23-14-5-2-4-12(10-14)17-19-15(25-21-17)6-3-7-16-20-18(22-26-16)13-8-9-24-11-13/h2,4-5,10,13H,3,6-9,11H2,1H3/t13-/m1/s1. The number of nitrogens with zero attached hydrogens (tertiary/aromatic N) is 4. The van der Waals surface area contributed by atoms with E-state index in [1.54, 1.807) is 7.11 Å². The molecule has 4 rings (SSSR count). The molecule has 3 aromatic rings. The Morgan fingerprint density at radius 2 is 1.96 bits per heavy atom. The SMILES string of the molecule is COc1cccc(-c2noc(CCCc3nc([C@@H]4CCOC4)no3)n2)c1. The highest BCUT2D eigenvalue weighted by molar-refractivity contribution is 5.56. The Morgan fingerprint density at radius 3 is 2.77 bits per heavy atom. The van der Waals surface area contributed by atoms with Crippen molar-refractivity contribution >= 4 is 0 Å². The van der Waals surface area contributed by atoms with Crippen molar-refractivity contribution < 1.29 is 18.5 Å². The molecule has 136 valence electrons. The molecule has 0 aliphatic carbocycles. The first-order chi connectivity index (χ1) is 12.8. The third kappa shape index (κ3) is 3.75. The third-order valence-corrected chi connectivity index (χ3v) is 4.36. The molecule has 0 spiro atoms. The molecular weight excluding hydrogens is 336 g/mol. The Bertz CT molecular complexity index is 854. The second-order valence-electron chi connectivity index (χ2n) is 6.20. The van der Waals surface area contributed by atoms with E-state index in [9.17, 15) is 0 Å². The topological polar surface area (TPSA) is 96.3 Å². The van der Waals surface area contributed by atoms with Crippen LogP contribution in [-0.4, -0.2) is 40.6 Å². The van der Waals surface area contributed by atoms with E-state index in [1.165, 1.54) is 0 Å². The lowest BCUT2D eigenvalue weighted by atomic mass is 10.1. The van der Waals surface area contributed by atoms with E-state index in [4.69, 9.17) is 18.5 Å². The highest BCUT2D eigenvalue weighted by atomic mass is 16.5. The first-order valence-electron chi connectivity index (χ1n) is 8.69. The van der Waals surface area contributed by atoms with Gasteiger partial charge in [0.1, 0.15) is 5.75 Å². The van der Waals surface area contributed by atoms with Gasteiger partial charge < -0.3 is 18.5 Å². The number of benzene rings is 1. The van der Waals surface area contributed by atoms with Crippen molar-refractivity contribution in [3.8, 4) is 17.1 Å². The third-order valence-electron chi connectivity index (χ3n) is 4.36. The van der Waals surface area contributed by atoms with Gasteiger partial charge in [-0.05, 0) is 25.0 Å². The number of aryl methyl sites for hydroxylation is 2. The number of hydrogen-bond donors (Lipinski definition) is 0. The second-order valence-corrected chi connectivity index (χ2v) is 6.20. The van der Waals surface area contributed by atoms with E-state index in [2.05, 4.69) is 20.3 Å². The summed E-state index contributed by atoms with van der Waals surface area (Å²) in [5.41, 5.74) is 0.861. The van der Waals surface area contributed by atoms with Gasteiger partial charge in [-0.25, -0.2) is 0 Å². The molecule has 1 aliphatic heterocycles. The van der Waals surface area contributed by atoms with Crippen LogP contribution in [0.1, 0.15) is 36.4 Å². The van der Waals surface area contributed by atoms with Gasteiger partial charge in [0.2, 0.25) is 17.6 Å². The van der Waals surface area contributed by atoms with Gasteiger partial charge in [-0.3, -0.25) is 0 Å². The highest BCUT2D eigenvalue weighted by Crippen LogP contribution is 2.23. The lowest BCUT2D eigenvalue weighted by Crippen LogP contribution is -2.00. The lowest BCUT2D eigenvalue weighted by Gasteiger charge is -1.99. The summed E-state index contributed by atoms with van der Waals surface area (Å²) in [6.07, 6.45) is 3.08. The summed E-state index contributed by atoms with van der Waals surface area (Å²) in [7, 11) is 1.63. The maximum Gasteiger partial charge on any atom is 0.226 e. The number of rotatable bonds is 7. The van der Waals surface area contributed by atoms with E-state index in [0.29, 0.717) is 37.1 Å². The summed E-state index contributed by atoms with van der Waals surface area (Å²) in [4.78, 5) is 8.90. The fourth-order valence-electron chi connectivity index (χ4n) is 2.90. The van der Waals surface area contributed by atoms with Crippen LogP contribution in [0.3, 0.4) is 0 Å².